The summed E-state index contributed by atoms with van der Waals surface area (Å²) >= 11 is 0. The van der Waals surface area contributed by atoms with Crippen LogP contribution in [-0.4, -0.2) is 169 Å². The van der Waals surface area contributed by atoms with Gasteiger partial charge in [0.1, 0.15) is 16.0 Å². The third-order valence-electron chi connectivity index (χ3n) is 21.7. The summed E-state index contributed by atoms with van der Waals surface area (Å²) in [6, 6.07) is 135. The van der Waals surface area contributed by atoms with Gasteiger partial charge in [0, 0.05) is 180 Å². The molecule has 0 saturated carbocycles. The Bertz CT molecular complexity index is 5680. The smallest absolute Gasteiger partial charge is 0.340 e. The van der Waals surface area contributed by atoms with Crippen LogP contribution in [0.4, 0.5) is 0 Å². The van der Waals surface area contributed by atoms with Crippen LogP contribution in [0.15, 0.2) is 422 Å². The number of sulfonamides is 1. The first-order chi connectivity index (χ1) is 67.6. The molecule has 15 aromatic rings. The van der Waals surface area contributed by atoms with Crippen molar-refractivity contribution in [2.24, 2.45) is 0 Å². The SMILES string of the molecule is CO.COC.COC.COC.COC.COC.COC.COC.COC.COC.O=C1NC(c2ccccc2)(c2ccccc2)c2ccccc21.O=C1OC(c2ccccc2)(c2ccccc2)c2ccccc21.O=S1(=O)NC(c2ccccc2)(c2ccccc2)c2ccccc21.O=S1(=O)OC(c2ccccc2)(c2ccccc2)c2ccccc21.c1ccc2c(c1)C1c3ccccc3C2c2ccccc21. The van der Waals surface area contributed by atoms with Crippen molar-refractivity contribution in [2.45, 2.75) is 43.9 Å². The zero-order valence-corrected chi connectivity index (χ0v) is 84.3. The number of hydrogen-bond acceptors (Lipinski definition) is 18. The van der Waals surface area contributed by atoms with Crippen LogP contribution < -0.4 is 10.0 Å². The van der Waals surface area contributed by atoms with Crippen molar-refractivity contribution < 1.29 is 83.1 Å². The van der Waals surface area contributed by atoms with Crippen LogP contribution in [0, 0.1) is 0 Å². The first-order valence-corrected chi connectivity index (χ1v) is 47.2. The number of methoxy groups -OCH3 is 9. The van der Waals surface area contributed by atoms with Gasteiger partial charge in [-0.25, -0.2) is 17.4 Å². The van der Waals surface area contributed by atoms with Crippen LogP contribution in [0.25, 0.3) is 0 Å². The van der Waals surface area contributed by atoms with Gasteiger partial charge in [-0.2, -0.15) is 13.1 Å². The lowest BCUT2D eigenvalue weighted by Crippen LogP contribution is -2.41. The van der Waals surface area contributed by atoms with E-state index >= 15 is 0 Å². The van der Waals surface area contributed by atoms with E-state index < -0.39 is 42.4 Å². The third-order valence-corrected chi connectivity index (χ3v) is 24.6. The molecule has 20 nitrogen and oxygen atoms in total. The van der Waals surface area contributed by atoms with Crippen molar-refractivity contribution in [3.8, 4) is 0 Å². The van der Waals surface area contributed by atoms with Crippen molar-refractivity contribution >= 4 is 32.0 Å². The van der Waals surface area contributed by atoms with Gasteiger partial charge in [-0.3, -0.25) is 4.79 Å². The van der Waals surface area contributed by atoms with Crippen molar-refractivity contribution in [2.75, 3.05) is 135 Å². The molecule has 0 saturated heterocycles. The van der Waals surface area contributed by atoms with Gasteiger partial charge in [-0.15, -0.1) is 0 Å². The molecule has 0 aromatic heterocycles. The van der Waals surface area contributed by atoms with Crippen LogP contribution in [0.5, 0.6) is 0 Å². The highest BCUT2D eigenvalue weighted by Crippen LogP contribution is 2.56. The Morgan fingerprint density at radius 1 is 0.245 bits per heavy atom. The maximum atomic E-state index is 12.7. The van der Waals surface area contributed by atoms with Crippen molar-refractivity contribution in [1.82, 2.24) is 10.0 Å². The largest absolute Gasteiger partial charge is 0.441 e. The number of amides is 1. The minimum atomic E-state index is -3.81. The number of esters is 1. The van der Waals surface area contributed by atoms with Crippen LogP contribution in [-0.2, 0) is 94.0 Å². The fourth-order valence-electron chi connectivity index (χ4n) is 17.0. The molecule has 22 rings (SSSR count). The maximum absolute atomic E-state index is 12.7. The Labute approximate surface area is 822 Å². The number of nitrogens with one attached hydrogen (secondary N) is 2. The number of hydrogen-bond donors (Lipinski definition) is 3. The number of ether oxygens (including phenoxy) is 10. The van der Waals surface area contributed by atoms with Crippen molar-refractivity contribution in [1.29, 1.82) is 0 Å². The molecule has 3 aliphatic carbocycles. The standard InChI is InChI=1S/C20H15NO.C20H14O2.C20H14.C19H15NO2S.C19H14O3S.9C2H6O.CH4O/c22-19-17-13-7-8-14-18(17)20(21-19,15-9-3-1-4-10-15)16-11-5-2-6-12-16;21-19-17-13-7-8-14-18(17)20(22-19,15-9-3-1-4-10-15)16-11-5-2-6-12-16;1-2-8-14-13(7-1)19-15-9-3-5-11-17(15)20(14)18-12-6-4-10-16(18)19;21-23(22)18-14-8-7-13-17(18)19(20-23,15-9-3-1-4-10-15)16-11-5-2-6-12-16;20-23(21)18-14-8-7-13-17(18)19(22-23,15-9-3-1-4-10-15)16-11-5-2-6-12-16;9*1-3-2;1-2/h1-14H,(H,21,22);1-14H;1-12,19-20H;1-14,20H;1-14H;9*1-2H3;2H,1H3. The van der Waals surface area contributed by atoms with Gasteiger partial charge in [0.15, 0.2) is 11.2 Å². The summed E-state index contributed by atoms with van der Waals surface area (Å²) in [4.78, 5) is 25.5. The number of aliphatic hydroxyl groups excluding tert-OH is 1. The van der Waals surface area contributed by atoms with Crippen LogP contribution >= 0.6 is 0 Å². The van der Waals surface area contributed by atoms with E-state index in [1.165, 1.54) is 33.4 Å². The van der Waals surface area contributed by atoms with E-state index in [0.717, 1.165) is 73.9 Å². The number of fused-ring (bicyclic) bond motifs is 4. The Morgan fingerprint density at radius 2 is 0.468 bits per heavy atom. The lowest BCUT2D eigenvalue weighted by molar-refractivity contribution is 0.0251. The molecule has 3 N–H and O–H groups in total. The molecule has 1 amide bonds. The summed E-state index contributed by atoms with van der Waals surface area (Å²) < 4.78 is 103. The number of carbonyl (C=O) groups excluding carboxylic acids is 2. The predicted molar refractivity (Wildman–Crippen MR) is 554 cm³/mol. The molecular formula is C117H130N2O18S2. The molecule has 0 spiro atoms. The van der Waals surface area contributed by atoms with Crippen LogP contribution in [0.2, 0.25) is 0 Å². The second-order valence-electron chi connectivity index (χ2n) is 31.3. The molecule has 15 aromatic carbocycles. The fraction of sp³-hybridized carbons (Fsp3) is 0.214. The maximum Gasteiger partial charge on any atom is 0.340 e. The molecule has 22 heteroatoms. The van der Waals surface area contributed by atoms with Gasteiger partial charge in [-0.05, 0) is 96.6 Å². The summed E-state index contributed by atoms with van der Waals surface area (Å²) in [7, 11) is 22.9. The molecule has 728 valence electrons. The quantitative estimate of drug-likeness (QED) is 0.0945. The molecule has 0 radical (unpaired) electrons. The van der Waals surface area contributed by atoms with Gasteiger partial charge < -0.3 is 57.8 Å². The van der Waals surface area contributed by atoms with E-state index in [1.54, 1.807) is 152 Å². The van der Waals surface area contributed by atoms with E-state index in [9.17, 15) is 26.4 Å². The Hall–Kier alpha value is -13.3. The normalized spacial score (nSPS) is 14.8. The lowest BCUT2D eigenvalue weighted by atomic mass is 9.61. The van der Waals surface area contributed by atoms with Crippen LogP contribution in [0.1, 0.15) is 133 Å². The highest BCUT2D eigenvalue weighted by Gasteiger charge is 2.53. The monoisotopic (exact) mass is 1910 g/mol. The highest BCUT2D eigenvalue weighted by atomic mass is 32.2. The van der Waals surface area contributed by atoms with E-state index in [4.69, 9.17) is 14.0 Å². The number of carbonyl (C=O) groups is 2. The molecule has 0 unspecified atom stereocenters. The Kier molecular flexibility index (Phi) is 46.8. The van der Waals surface area contributed by atoms with E-state index in [-0.39, 0.29) is 16.8 Å². The fourth-order valence-corrected chi connectivity index (χ4v) is 20.1. The number of aliphatic hydroxyl groups is 1. The summed E-state index contributed by atoms with van der Waals surface area (Å²) in [6.45, 7) is 0. The molecule has 139 heavy (non-hydrogen) atoms. The first-order valence-electron chi connectivity index (χ1n) is 44.3. The summed E-state index contributed by atoms with van der Waals surface area (Å²) in [5.74, 6) is 0.541. The first kappa shape index (κ1) is 113. The second-order valence-corrected chi connectivity index (χ2v) is 34.5. The van der Waals surface area contributed by atoms with E-state index in [1.807, 2.05) is 291 Å². The lowest BCUT2D eigenvalue weighted by Gasteiger charge is -2.42. The molecule has 4 heterocycles. The summed E-state index contributed by atoms with van der Waals surface area (Å²) in [5.41, 5.74) is 17.6. The average molecular weight is 1920 g/mol. The van der Waals surface area contributed by atoms with Crippen molar-refractivity contribution in [3.63, 3.8) is 0 Å². The number of rotatable bonds is 8. The second kappa shape index (κ2) is 57.8. The average Bonchev–Trinajstić information content (AvgIpc) is 1.57. The molecular weight excluding hydrogens is 1790 g/mol. The zero-order chi connectivity index (χ0) is 101. The van der Waals surface area contributed by atoms with Gasteiger partial charge in [0.2, 0.25) is 10.0 Å². The molecule has 2 bridgehead atoms. The van der Waals surface area contributed by atoms with Crippen molar-refractivity contribution in [3.05, 3.63) is 524 Å². The third kappa shape index (κ3) is 26.6. The van der Waals surface area contributed by atoms with Gasteiger partial charge in [0.25, 0.3) is 16.0 Å². The van der Waals surface area contributed by atoms with E-state index in [2.05, 4.69) is 150 Å². The molecule has 0 fully saturated rings. The topological polar surface area (TPSA) is 248 Å². The highest BCUT2D eigenvalue weighted by molar-refractivity contribution is 7.90. The molecule has 0 atom stereocenters. The van der Waals surface area contributed by atoms with Gasteiger partial charge >= 0.3 is 5.97 Å². The summed E-state index contributed by atoms with van der Waals surface area (Å²) in [6.07, 6.45) is 0. The Balaban J connectivity index is 0.000000221. The predicted octanol–water partition coefficient (Wildman–Crippen LogP) is 21.5. The number of cyclic esters (lactones) is 1. The zero-order valence-electron chi connectivity index (χ0n) is 82.6. The number of benzene rings is 15. The molecule has 7 aliphatic rings. The van der Waals surface area contributed by atoms with E-state index in [0.29, 0.717) is 27.9 Å². The van der Waals surface area contributed by atoms with Gasteiger partial charge in [-0.1, -0.05) is 388 Å². The van der Waals surface area contributed by atoms with Gasteiger partial charge in [0.05, 0.1) is 10.5 Å². The minimum Gasteiger partial charge on any atom is -0.441 e. The summed E-state index contributed by atoms with van der Waals surface area (Å²) in [5, 5.41) is 10.2. The Morgan fingerprint density at radius 3 is 0.777 bits per heavy atom. The molecule has 4 aliphatic heterocycles. The van der Waals surface area contributed by atoms with Crippen LogP contribution in [0.3, 0.4) is 0 Å². The minimum absolute atomic E-state index is 0.0247.